The molecule has 38 heavy (non-hydrogen) atoms. The normalized spacial score (nSPS) is 14.8. The maximum absolute atomic E-state index is 13.7. The van der Waals surface area contributed by atoms with Gasteiger partial charge in [-0.25, -0.2) is 0 Å². The first-order chi connectivity index (χ1) is 18.3. The van der Waals surface area contributed by atoms with E-state index in [9.17, 15) is 22.8 Å². The molecular weight excluding hydrogens is 515 g/mol. The first kappa shape index (κ1) is 28.0. The number of benzene rings is 1. The van der Waals surface area contributed by atoms with Crippen molar-refractivity contribution in [2.24, 2.45) is 0 Å². The summed E-state index contributed by atoms with van der Waals surface area (Å²) in [5.41, 5.74) is 2.65. The Morgan fingerprint density at radius 2 is 1.89 bits per heavy atom. The number of unbranched alkanes of at least 4 members (excludes halogenated alkanes) is 2. The number of thiophene rings is 1. The van der Waals surface area contributed by atoms with Crippen molar-refractivity contribution >= 4 is 34.5 Å². The second kappa shape index (κ2) is 12.7. The van der Waals surface area contributed by atoms with Crippen LogP contribution >= 0.6 is 11.3 Å². The molecule has 1 aliphatic carbocycles. The summed E-state index contributed by atoms with van der Waals surface area (Å²) in [6.45, 7) is 2.78. The van der Waals surface area contributed by atoms with Crippen LogP contribution in [0.3, 0.4) is 0 Å². The van der Waals surface area contributed by atoms with Gasteiger partial charge in [0, 0.05) is 35.5 Å². The van der Waals surface area contributed by atoms with Crippen molar-refractivity contribution in [3.05, 3.63) is 63.4 Å². The third-order valence-corrected chi connectivity index (χ3v) is 7.71. The van der Waals surface area contributed by atoms with Crippen LogP contribution in [0.4, 0.5) is 18.9 Å². The molecule has 0 saturated carbocycles. The monoisotopic (exact) mass is 547 g/mol. The molecule has 0 radical (unpaired) electrons. The lowest BCUT2D eigenvalue weighted by Crippen LogP contribution is -2.28. The number of esters is 1. The van der Waals surface area contributed by atoms with Gasteiger partial charge in [0.2, 0.25) is 5.91 Å². The number of allylic oxidation sites excluding steroid dienone is 4. The lowest BCUT2D eigenvalue weighted by Gasteiger charge is -2.17. The van der Waals surface area contributed by atoms with Gasteiger partial charge in [0.15, 0.2) is 0 Å². The number of anilines is 1. The van der Waals surface area contributed by atoms with Crippen LogP contribution < -0.4 is 9.64 Å². The van der Waals surface area contributed by atoms with Crippen LogP contribution in [0.2, 0.25) is 0 Å². The standard InChI is InChI=1S/C29H32F3NO4S/c1-2-36-27(35)12-8-4-7-11-26(34)33-16-15-21-17-22(13-14-25(21)33)37-19-23-18-24(20-9-5-3-6-10-20)28(38-23)29(30,31)32/h5,9-10,13-14,17-18H,2-4,6-8,11-12,15-16,19H2,1H3. The van der Waals surface area contributed by atoms with E-state index in [-0.39, 0.29) is 24.0 Å². The van der Waals surface area contributed by atoms with E-state index in [1.54, 1.807) is 30.0 Å². The molecule has 0 saturated heterocycles. The number of carbonyl (C=O) groups excluding carboxylic acids is 2. The molecule has 2 aliphatic rings. The minimum atomic E-state index is -4.42. The minimum absolute atomic E-state index is 0.0397. The number of hydrogen-bond acceptors (Lipinski definition) is 5. The highest BCUT2D eigenvalue weighted by atomic mass is 32.1. The molecule has 5 nitrogen and oxygen atoms in total. The van der Waals surface area contributed by atoms with Crippen LogP contribution in [0.15, 0.2) is 42.5 Å². The van der Waals surface area contributed by atoms with Crippen molar-refractivity contribution in [2.75, 3.05) is 18.1 Å². The summed E-state index contributed by atoms with van der Waals surface area (Å²) in [7, 11) is 0. The smallest absolute Gasteiger partial charge is 0.426 e. The summed E-state index contributed by atoms with van der Waals surface area (Å²) in [4.78, 5) is 25.8. The number of hydrogen-bond donors (Lipinski definition) is 0. The second-order valence-electron chi connectivity index (χ2n) is 9.33. The van der Waals surface area contributed by atoms with E-state index < -0.39 is 11.1 Å². The zero-order chi connectivity index (χ0) is 27.1. The van der Waals surface area contributed by atoms with E-state index >= 15 is 0 Å². The number of nitrogens with zero attached hydrogens (tertiary/aromatic N) is 1. The summed E-state index contributed by atoms with van der Waals surface area (Å²) in [5.74, 6) is 0.409. The zero-order valence-corrected chi connectivity index (χ0v) is 22.3. The van der Waals surface area contributed by atoms with Crippen LogP contribution in [0.5, 0.6) is 5.75 Å². The number of carbonyl (C=O) groups is 2. The van der Waals surface area contributed by atoms with Gasteiger partial charge in [-0.05, 0) is 74.4 Å². The highest BCUT2D eigenvalue weighted by Crippen LogP contribution is 2.42. The Morgan fingerprint density at radius 1 is 1.08 bits per heavy atom. The molecular formula is C29H32F3NO4S. The summed E-state index contributed by atoms with van der Waals surface area (Å²) in [5, 5.41) is 0. The largest absolute Gasteiger partial charge is 0.488 e. The van der Waals surface area contributed by atoms with Crippen molar-refractivity contribution in [1.82, 2.24) is 0 Å². The number of fused-ring (bicyclic) bond motifs is 1. The van der Waals surface area contributed by atoms with Crippen LogP contribution in [0.25, 0.3) is 5.57 Å². The molecule has 9 heteroatoms. The van der Waals surface area contributed by atoms with Crippen molar-refractivity contribution in [3.8, 4) is 5.75 Å². The fourth-order valence-electron chi connectivity index (χ4n) is 4.72. The van der Waals surface area contributed by atoms with Gasteiger partial charge in [-0.15, -0.1) is 11.3 Å². The molecule has 1 aliphatic heterocycles. The van der Waals surface area contributed by atoms with E-state index in [1.165, 1.54) is 0 Å². The van der Waals surface area contributed by atoms with Gasteiger partial charge < -0.3 is 14.4 Å². The van der Waals surface area contributed by atoms with Gasteiger partial charge in [0.1, 0.15) is 17.2 Å². The first-order valence-corrected chi connectivity index (χ1v) is 13.9. The van der Waals surface area contributed by atoms with Crippen molar-refractivity contribution in [3.63, 3.8) is 0 Å². The predicted octanol–water partition coefficient (Wildman–Crippen LogP) is 7.48. The zero-order valence-electron chi connectivity index (χ0n) is 21.4. The van der Waals surface area contributed by atoms with Crippen LogP contribution in [0, 0.1) is 0 Å². The average Bonchev–Trinajstić information content (AvgIpc) is 3.52. The van der Waals surface area contributed by atoms with Gasteiger partial charge in [-0.2, -0.15) is 13.2 Å². The highest BCUT2D eigenvalue weighted by molar-refractivity contribution is 7.12. The van der Waals surface area contributed by atoms with Gasteiger partial charge in [0.05, 0.1) is 6.61 Å². The maximum Gasteiger partial charge on any atom is 0.426 e. The lowest BCUT2D eigenvalue weighted by molar-refractivity contribution is -0.143. The Balaban J connectivity index is 1.33. The summed E-state index contributed by atoms with van der Waals surface area (Å²) in [6, 6.07) is 7.05. The lowest BCUT2D eigenvalue weighted by atomic mass is 9.99. The molecule has 0 unspecified atom stereocenters. The SMILES string of the molecule is CCOC(=O)CCCCCC(=O)N1CCc2cc(OCc3cc(C4=CCCC=C4)c(C(F)(F)F)s3)ccc21. The predicted molar refractivity (Wildman–Crippen MR) is 142 cm³/mol. The second-order valence-corrected chi connectivity index (χ2v) is 10.5. The van der Waals surface area contributed by atoms with E-state index in [0.717, 1.165) is 41.9 Å². The molecule has 2 aromatic rings. The summed E-state index contributed by atoms with van der Waals surface area (Å²) >= 11 is 0.721. The molecule has 2 heterocycles. The van der Waals surface area contributed by atoms with Crippen molar-refractivity contribution in [2.45, 2.75) is 71.1 Å². The first-order valence-electron chi connectivity index (χ1n) is 13.0. The third-order valence-electron chi connectivity index (χ3n) is 6.55. The van der Waals surface area contributed by atoms with Gasteiger partial charge in [-0.1, -0.05) is 24.6 Å². The third kappa shape index (κ3) is 7.07. The Kier molecular flexibility index (Phi) is 9.31. The van der Waals surface area contributed by atoms with E-state index in [4.69, 9.17) is 9.47 Å². The fraction of sp³-hybridized carbons (Fsp3) is 0.448. The van der Waals surface area contributed by atoms with Crippen LogP contribution in [-0.4, -0.2) is 25.0 Å². The summed E-state index contributed by atoms with van der Waals surface area (Å²) in [6.07, 6.45) is 6.32. The number of amides is 1. The minimum Gasteiger partial charge on any atom is -0.488 e. The molecule has 0 fully saturated rings. The van der Waals surface area contributed by atoms with Crippen LogP contribution in [0.1, 0.15) is 72.8 Å². The van der Waals surface area contributed by atoms with Crippen molar-refractivity contribution < 1.29 is 32.2 Å². The highest BCUT2D eigenvalue weighted by Gasteiger charge is 2.36. The van der Waals surface area contributed by atoms with Gasteiger partial charge in [0.25, 0.3) is 0 Å². The molecule has 1 amide bonds. The molecule has 1 aromatic heterocycles. The van der Waals surface area contributed by atoms with E-state index in [1.807, 2.05) is 24.3 Å². The van der Waals surface area contributed by atoms with Crippen LogP contribution in [-0.2, 0) is 33.5 Å². The number of halogens is 3. The maximum atomic E-state index is 13.7. The van der Waals surface area contributed by atoms with Gasteiger partial charge >= 0.3 is 12.1 Å². The topological polar surface area (TPSA) is 55.8 Å². The number of rotatable bonds is 11. The van der Waals surface area contributed by atoms with Crippen molar-refractivity contribution in [1.29, 1.82) is 0 Å². The fourth-order valence-corrected chi connectivity index (χ4v) is 5.68. The Morgan fingerprint density at radius 3 is 2.63 bits per heavy atom. The quantitative estimate of drug-likeness (QED) is 0.216. The summed E-state index contributed by atoms with van der Waals surface area (Å²) < 4.78 is 51.8. The molecule has 0 N–H and O–H groups in total. The Labute approximate surface area is 224 Å². The average molecular weight is 548 g/mol. The number of alkyl halides is 3. The Hall–Kier alpha value is -3.07. The molecule has 1 aromatic carbocycles. The molecule has 0 bridgehead atoms. The Bertz CT molecular complexity index is 1210. The molecule has 204 valence electrons. The molecule has 0 spiro atoms. The van der Waals surface area contributed by atoms with Gasteiger partial charge in [-0.3, -0.25) is 9.59 Å². The molecule has 4 rings (SSSR count). The molecule has 0 atom stereocenters. The van der Waals surface area contributed by atoms with E-state index in [2.05, 4.69) is 0 Å². The number of ether oxygens (including phenoxy) is 2. The van der Waals surface area contributed by atoms with E-state index in [0.29, 0.717) is 61.5 Å².